The summed E-state index contributed by atoms with van der Waals surface area (Å²) in [4.78, 5) is 2.32. The lowest BCUT2D eigenvalue weighted by Crippen LogP contribution is -2.26. The summed E-state index contributed by atoms with van der Waals surface area (Å²) in [6.45, 7) is 7.78. The van der Waals surface area contributed by atoms with Crippen LogP contribution in [0.2, 0.25) is 6.82 Å². The normalized spacial score (nSPS) is 10.9. The summed E-state index contributed by atoms with van der Waals surface area (Å²) in [6.07, 6.45) is 1.11. The Morgan fingerprint density at radius 1 is 1.44 bits per heavy atom. The van der Waals surface area contributed by atoms with Crippen molar-refractivity contribution < 1.29 is 0 Å². The summed E-state index contributed by atoms with van der Waals surface area (Å²) in [7, 11) is 4.34. The van der Waals surface area contributed by atoms with Crippen molar-refractivity contribution in [2.24, 2.45) is 5.92 Å². The lowest BCUT2D eigenvalue weighted by atomic mass is 9.82. The van der Waals surface area contributed by atoms with Gasteiger partial charge in [0, 0.05) is 0 Å². The lowest BCUT2D eigenvalue weighted by molar-refractivity contribution is 0.337. The van der Waals surface area contributed by atoms with E-state index >= 15 is 0 Å². The molecule has 53 valence electrons. The molecule has 0 unspecified atom stereocenters. The predicted octanol–water partition coefficient (Wildman–Crippen LogP) is 1.28. The Morgan fingerprint density at radius 2 is 2.00 bits per heavy atom. The molecule has 0 aliphatic rings. The summed E-state index contributed by atoms with van der Waals surface area (Å²) >= 11 is 0. The highest BCUT2D eigenvalue weighted by atomic mass is 15.1. The van der Waals surface area contributed by atoms with E-state index in [1.165, 1.54) is 6.54 Å². The van der Waals surface area contributed by atoms with Crippen molar-refractivity contribution in [2.75, 3.05) is 20.0 Å². The van der Waals surface area contributed by atoms with Crippen LogP contribution in [-0.4, -0.2) is 32.2 Å². The van der Waals surface area contributed by atoms with Gasteiger partial charge >= 0.3 is 0 Å². The third-order valence-corrected chi connectivity index (χ3v) is 1.17. The monoisotopic (exact) mass is 126 g/mol. The van der Waals surface area contributed by atoms with Crippen LogP contribution in [0.25, 0.3) is 0 Å². The molecule has 1 nitrogen and oxygen atoms in total. The van der Waals surface area contributed by atoms with Crippen LogP contribution in [0, 0.1) is 5.92 Å². The predicted molar refractivity (Wildman–Crippen MR) is 44.0 cm³/mol. The number of hydrogen-bond donors (Lipinski definition) is 0. The molecule has 0 N–H and O–H groups in total. The minimum Gasteiger partial charge on any atom is -0.314 e. The molecule has 0 aromatic carbocycles. The van der Waals surface area contributed by atoms with E-state index in [-0.39, 0.29) is 0 Å². The van der Waals surface area contributed by atoms with Crippen molar-refractivity contribution in [3.8, 4) is 0 Å². The van der Waals surface area contributed by atoms with Crippen LogP contribution in [0.3, 0.4) is 0 Å². The summed E-state index contributed by atoms with van der Waals surface area (Å²) in [5.74, 6) is 0.787. The molecule has 0 heterocycles. The van der Waals surface area contributed by atoms with E-state index in [0.29, 0.717) is 0 Å². The molecule has 9 heavy (non-hydrogen) atoms. The first-order valence-electron chi connectivity index (χ1n) is 3.63. The lowest BCUT2D eigenvalue weighted by Gasteiger charge is -2.17. The maximum Gasteiger partial charge on any atom is 0.125 e. The van der Waals surface area contributed by atoms with Crippen molar-refractivity contribution in [1.82, 2.24) is 4.90 Å². The van der Waals surface area contributed by atoms with Crippen molar-refractivity contribution in [3.63, 3.8) is 0 Å². The van der Waals surface area contributed by atoms with Crippen molar-refractivity contribution in [2.45, 2.75) is 20.7 Å². The summed E-state index contributed by atoms with van der Waals surface area (Å²) in [5, 5.41) is 0. The average Bonchev–Trinajstić information content (AvgIpc) is 1.63. The fourth-order valence-corrected chi connectivity index (χ4v) is 1.01. The van der Waals surface area contributed by atoms with E-state index in [2.05, 4.69) is 39.9 Å². The molecule has 0 saturated carbocycles. The molecule has 0 aliphatic carbocycles. The van der Waals surface area contributed by atoms with Crippen LogP contribution in [0.5, 0.6) is 0 Å². The van der Waals surface area contributed by atoms with E-state index in [1.54, 1.807) is 0 Å². The van der Waals surface area contributed by atoms with Gasteiger partial charge in [0.1, 0.15) is 7.28 Å². The molecular weight excluding hydrogens is 109 g/mol. The van der Waals surface area contributed by atoms with E-state index in [1.807, 2.05) is 0 Å². The summed E-state index contributed by atoms with van der Waals surface area (Å²) in [6, 6.07) is 0. The molecule has 0 atom stereocenters. The van der Waals surface area contributed by atoms with Crippen LogP contribution in [0.15, 0.2) is 0 Å². The van der Waals surface area contributed by atoms with E-state index in [4.69, 9.17) is 0 Å². The standard InChI is InChI=1S/C7H17BN/c1-7(2)5-9(4)6-8-3/h7H,5-6H2,1-4H3. The first-order valence-corrected chi connectivity index (χ1v) is 3.63. The van der Waals surface area contributed by atoms with E-state index < -0.39 is 0 Å². The van der Waals surface area contributed by atoms with Crippen LogP contribution in [0.1, 0.15) is 13.8 Å². The van der Waals surface area contributed by atoms with Gasteiger partial charge in [-0.05, 0) is 26.0 Å². The van der Waals surface area contributed by atoms with Crippen LogP contribution in [0.4, 0.5) is 0 Å². The highest BCUT2D eigenvalue weighted by Crippen LogP contribution is 1.93. The van der Waals surface area contributed by atoms with Gasteiger partial charge in [0.25, 0.3) is 0 Å². The van der Waals surface area contributed by atoms with Crippen LogP contribution in [-0.2, 0) is 0 Å². The topological polar surface area (TPSA) is 3.24 Å². The second kappa shape index (κ2) is 4.86. The molecule has 0 aromatic rings. The maximum atomic E-state index is 2.32. The Bertz CT molecular complexity index is 63.9. The molecule has 0 bridgehead atoms. The molecular formula is C7H17BN. The molecule has 0 amide bonds. The third-order valence-electron chi connectivity index (χ3n) is 1.17. The highest BCUT2D eigenvalue weighted by Gasteiger charge is 1.98. The van der Waals surface area contributed by atoms with Crippen molar-refractivity contribution in [1.29, 1.82) is 0 Å². The zero-order chi connectivity index (χ0) is 7.28. The Kier molecular flexibility index (Phi) is 4.88. The van der Waals surface area contributed by atoms with Gasteiger partial charge < -0.3 is 4.90 Å². The molecule has 0 saturated heterocycles. The molecule has 0 aliphatic heterocycles. The van der Waals surface area contributed by atoms with Gasteiger partial charge in [-0.1, -0.05) is 20.7 Å². The first kappa shape index (κ1) is 9.02. The Morgan fingerprint density at radius 3 is 2.33 bits per heavy atom. The van der Waals surface area contributed by atoms with Crippen LogP contribution >= 0.6 is 0 Å². The molecule has 0 aromatic heterocycles. The maximum absolute atomic E-state index is 2.32. The van der Waals surface area contributed by atoms with Gasteiger partial charge in [-0.2, -0.15) is 0 Å². The molecule has 2 heteroatoms. The van der Waals surface area contributed by atoms with E-state index in [0.717, 1.165) is 12.4 Å². The van der Waals surface area contributed by atoms with Crippen molar-refractivity contribution >= 4 is 7.28 Å². The second-order valence-corrected chi connectivity index (χ2v) is 3.02. The van der Waals surface area contributed by atoms with Gasteiger partial charge in [0.15, 0.2) is 0 Å². The van der Waals surface area contributed by atoms with E-state index in [9.17, 15) is 0 Å². The first-order chi connectivity index (χ1) is 4.16. The molecule has 1 radical (unpaired) electrons. The molecule has 0 rings (SSSR count). The number of nitrogens with zero attached hydrogens (tertiary/aromatic N) is 1. The summed E-state index contributed by atoms with van der Waals surface area (Å²) < 4.78 is 0. The average molecular weight is 126 g/mol. The number of rotatable bonds is 4. The minimum absolute atomic E-state index is 0.787. The largest absolute Gasteiger partial charge is 0.314 e. The Balaban J connectivity index is 3.15. The van der Waals surface area contributed by atoms with Gasteiger partial charge in [0.05, 0.1) is 0 Å². The Hall–Kier alpha value is 0.0249. The number of hydrogen-bond acceptors (Lipinski definition) is 1. The van der Waals surface area contributed by atoms with Crippen molar-refractivity contribution in [3.05, 3.63) is 0 Å². The van der Waals surface area contributed by atoms with Gasteiger partial charge in [0.2, 0.25) is 0 Å². The SMILES string of the molecule is C[B]CN(C)CC(C)C. The van der Waals surface area contributed by atoms with Crippen LogP contribution < -0.4 is 0 Å². The Labute approximate surface area is 59.7 Å². The zero-order valence-corrected chi connectivity index (χ0v) is 7.02. The van der Waals surface area contributed by atoms with Gasteiger partial charge in [-0.25, -0.2) is 0 Å². The molecule has 0 fully saturated rings. The molecule has 0 spiro atoms. The zero-order valence-electron chi connectivity index (χ0n) is 7.02. The minimum atomic E-state index is 0.787. The second-order valence-electron chi connectivity index (χ2n) is 3.02. The smallest absolute Gasteiger partial charge is 0.125 e. The third kappa shape index (κ3) is 5.90. The fraction of sp³-hybridized carbons (Fsp3) is 1.00. The fourth-order valence-electron chi connectivity index (χ4n) is 1.01. The highest BCUT2D eigenvalue weighted by molar-refractivity contribution is 6.33. The van der Waals surface area contributed by atoms with Gasteiger partial charge in [-0.3, -0.25) is 0 Å². The van der Waals surface area contributed by atoms with Gasteiger partial charge in [-0.15, -0.1) is 0 Å². The summed E-state index contributed by atoms with van der Waals surface area (Å²) in [5.41, 5.74) is 0. The quantitative estimate of drug-likeness (QED) is 0.513.